The van der Waals surface area contributed by atoms with Gasteiger partial charge in [0, 0.05) is 6.42 Å². The lowest BCUT2D eigenvalue weighted by atomic mass is 10.0. The number of ether oxygens (including phenoxy) is 2. The molecule has 0 radical (unpaired) electrons. The number of hydrogen-bond donors (Lipinski definition) is 1. The predicted molar refractivity (Wildman–Crippen MR) is 63.1 cm³/mol. The van der Waals surface area contributed by atoms with E-state index in [1.54, 1.807) is 0 Å². The molecule has 3 rings (SSSR count). The van der Waals surface area contributed by atoms with Crippen molar-refractivity contribution in [3.63, 3.8) is 0 Å². The molecule has 0 aliphatic carbocycles. The third kappa shape index (κ3) is 2.88. The lowest BCUT2D eigenvalue weighted by molar-refractivity contribution is -0.0941. The minimum absolute atomic E-state index is 0.163. The Labute approximate surface area is 106 Å². The van der Waals surface area contributed by atoms with Crippen LogP contribution in [0, 0.1) is 5.92 Å². The molecule has 100 valence electrons. The van der Waals surface area contributed by atoms with Gasteiger partial charge in [0.15, 0.2) is 0 Å². The molecule has 1 aromatic heterocycles. The lowest BCUT2D eigenvalue weighted by Gasteiger charge is -2.19. The number of nitrogens with zero attached hydrogens (tertiary/aromatic N) is 2. The molecule has 2 aliphatic heterocycles. The van der Waals surface area contributed by atoms with Crippen LogP contribution in [0.1, 0.15) is 30.7 Å². The van der Waals surface area contributed by atoms with E-state index in [4.69, 9.17) is 14.0 Å². The molecular weight excluding hydrogens is 234 g/mol. The minimum atomic E-state index is -0.163. The summed E-state index contributed by atoms with van der Waals surface area (Å²) in [6.45, 7) is 4.01. The van der Waals surface area contributed by atoms with Crippen LogP contribution >= 0.6 is 0 Å². The largest absolute Gasteiger partial charge is 0.376 e. The molecule has 2 atom stereocenters. The van der Waals surface area contributed by atoms with Crippen molar-refractivity contribution < 1.29 is 14.0 Å². The molecule has 6 nitrogen and oxygen atoms in total. The quantitative estimate of drug-likeness (QED) is 0.851. The zero-order valence-electron chi connectivity index (χ0n) is 10.4. The molecule has 0 spiro atoms. The molecule has 2 fully saturated rings. The third-order valence-electron chi connectivity index (χ3n) is 3.52. The fourth-order valence-electron chi connectivity index (χ4n) is 2.43. The van der Waals surface area contributed by atoms with E-state index < -0.39 is 0 Å². The van der Waals surface area contributed by atoms with Crippen LogP contribution in [0.15, 0.2) is 4.52 Å². The zero-order valence-corrected chi connectivity index (χ0v) is 10.4. The highest BCUT2D eigenvalue weighted by atomic mass is 16.6. The first-order valence-corrected chi connectivity index (χ1v) is 6.64. The first-order chi connectivity index (χ1) is 8.92. The van der Waals surface area contributed by atoms with Gasteiger partial charge in [0.25, 0.3) is 0 Å². The van der Waals surface area contributed by atoms with Crippen molar-refractivity contribution in [1.29, 1.82) is 0 Å². The zero-order chi connectivity index (χ0) is 12.2. The normalized spacial score (nSPS) is 28.7. The van der Waals surface area contributed by atoms with Gasteiger partial charge in [0.1, 0.15) is 6.10 Å². The Morgan fingerprint density at radius 3 is 3.11 bits per heavy atom. The van der Waals surface area contributed by atoms with Crippen LogP contribution in [-0.4, -0.2) is 43.1 Å². The molecule has 0 amide bonds. The first kappa shape index (κ1) is 12.1. The van der Waals surface area contributed by atoms with E-state index in [0.29, 0.717) is 31.5 Å². The number of rotatable bonds is 4. The van der Waals surface area contributed by atoms with Gasteiger partial charge in [-0.3, -0.25) is 0 Å². The maximum Gasteiger partial charge on any atom is 0.226 e. The van der Waals surface area contributed by atoms with Gasteiger partial charge >= 0.3 is 0 Å². The van der Waals surface area contributed by atoms with E-state index in [0.717, 1.165) is 31.8 Å². The predicted octanol–water partition coefficient (Wildman–Crippen LogP) is 0.700. The van der Waals surface area contributed by atoms with Crippen LogP contribution in [-0.2, 0) is 15.9 Å². The summed E-state index contributed by atoms with van der Waals surface area (Å²) in [5, 5.41) is 7.34. The smallest absolute Gasteiger partial charge is 0.226 e. The summed E-state index contributed by atoms with van der Waals surface area (Å²) in [5.74, 6) is 2.08. The number of aromatic nitrogens is 2. The van der Waals surface area contributed by atoms with Gasteiger partial charge < -0.3 is 19.3 Å². The SMILES string of the molecule is C1CC(CCc2nc(C3COCCO3)no2)CN1. The van der Waals surface area contributed by atoms with Gasteiger partial charge in [-0.25, -0.2) is 0 Å². The molecule has 1 N–H and O–H groups in total. The van der Waals surface area contributed by atoms with Gasteiger partial charge in [-0.1, -0.05) is 5.16 Å². The number of nitrogens with one attached hydrogen (secondary N) is 1. The van der Waals surface area contributed by atoms with Crippen LogP contribution in [0.4, 0.5) is 0 Å². The average Bonchev–Trinajstić information content (AvgIpc) is 3.09. The van der Waals surface area contributed by atoms with Crippen molar-refractivity contribution in [2.24, 2.45) is 5.92 Å². The highest BCUT2D eigenvalue weighted by molar-refractivity contribution is 4.93. The van der Waals surface area contributed by atoms with Gasteiger partial charge in [-0.05, 0) is 31.8 Å². The Morgan fingerprint density at radius 1 is 1.33 bits per heavy atom. The van der Waals surface area contributed by atoms with Crippen LogP contribution in [0.5, 0.6) is 0 Å². The summed E-state index contributed by atoms with van der Waals surface area (Å²) >= 11 is 0. The lowest BCUT2D eigenvalue weighted by Crippen LogP contribution is -2.22. The monoisotopic (exact) mass is 253 g/mol. The molecule has 0 saturated carbocycles. The van der Waals surface area contributed by atoms with Crippen molar-refractivity contribution in [3.05, 3.63) is 11.7 Å². The topological polar surface area (TPSA) is 69.4 Å². The van der Waals surface area contributed by atoms with Crippen LogP contribution in [0.25, 0.3) is 0 Å². The van der Waals surface area contributed by atoms with E-state index in [1.807, 2.05) is 0 Å². The van der Waals surface area contributed by atoms with Crippen molar-refractivity contribution in [1.82, 2.24) is 15.5 Å². The van der Waals surface area contributed by atoms with E-state index in [-0.39, 0.29) is 6.10 Å². The van der Waals surface area contributed by atoms with Gasteiger partial charge in [0.05, 0.1) is 19.8 Å². The fraction of sp³-hybridized carbons (Fsp3) is 0.833. The van der Waals surface area contributed by atoms with E-state index >= 15 is 0 Å². The molecule has 1 aromatic rings. The summed E-state index contributed by atoms with van der Waals surface area (Å²) < 4.78 is 16.1. The van der Waals surface area contributed by atoms with Gasteiger partial charge in [-0.2, -0.15) is 4.98 Å². The van der Waals surface area contributed by atoms with Crippen molar-refractivity contribution in [2.75, 3.05) is 32.9 Å². The van der Waals surface area contributed by atoms with E-state index in [2.05, 4.69) is 15.5 Å². The second-order valence-corrected chi connectivity index (χ2v) is 4.88. The number of aryl methyl sites for hydroxylation is 1. The summed E-state index contributed by atoms with van der Waals surface area (Å²) in [7, 11) is 0. The number of hydrogen-bond acceptors (Lipinski definition) is 6. The Kier molecular flexibility index (Phi) is 3.87. The molecular formula is C12H19N3O3. The molecule has 2 saturated heterocycles. The molecule has 3 heterocycles. The van der Waals surface area contributed by atoms with Crippen LogP contribution in [0.2, 0.25) is 0 Å². The minimum Gasteiger partial charge on any atom is -0.376 e. The van der Waals surface area contributed by atoms with Gasteiger partial charge in [0.2, 0.25) is 11.7 Å². The second kappa shape index (κ2) is 5.77. The van der Waals surface area contributed by atoms with Crippen molar-refractivity contribution in [3.8, 4) is 0 Å². The standard InChI is InChI=1S/C12H19N3O3/c1(9-3-4-13-7-9)2-11-14-12(15-18-11)10-8-16-5-6-17-10/h9-10,13H,1-8H2. The highest BCUT2D eigenvalue weighted by Crippen LogP contribution is 2.19. The maximum atomic E-state index is 5.54. The van der Waals surface area contributed by atoms with E-state index in [1.165, 1.54) is 6.42 Å². The highest BCUT2D eigenvalue weighted by Gasteiger charge is 2.23. The first-order valence-electron chi connectivity index (χ1n) is 6.64. The summed E-state index contributed by atoms with van der Waals surface area (Å²) in [4.78, 5) is 4.39. The summed E-state index contributed by atoms with van der Waals surface area (Å²) in [6, 6.07) is 0. The molecule has 2 unspecified atom stereocenters. The Hall–Kier alpha value is -0.980. The fourth-order valence-corrected chi connectivity index (χ4v) is 2.43. The van der Waals surface area contributed by atoms with Crippen LogP contribution < -0.4 is 5.32 Å². The second-order valence-electron chi connectivity index (χ2n) is 4.88. The molecule has 0 aromatic carbocycles. The maximum absolute atomic E-state index is 5.54. The summed E-state index contributed by atoms with van der Waals surface area (Å²) in [5.41, 5.74) is 0. The van der Waals surface area contributed by atoms with Gasteiger partial charge in [-0.15, -0.1) is 0 Å². The molecule has 2 aliphatic rings. The molecule has 6 heteroatoms. The Bertz CT molecular complexity index is 370. The Morgan fingerprint density at radius 2 is 2.33 bits per heavy atom. The Balaban J connectivity index is 1.52. The van der Waals surface area contributed by atoms with Crippen LogP contribution in [0.3, 0.4) is 0 Å². The molecule has 18 heavy (non-hydrogen) atoms. The third-order valence-corrected chi connectivity index (χ3v) is 3.52. The van der Waals surface area contributed by atoms with E-state index in [9.17, 15) is 0 Å². The van der Waals surface area contributed by atoms with Crippen molar-refractivity contribution >= 4 is 0 Å². The summed E-state index contributed by atoms with van der Waals surface area (Å²) in [6.07, 6.45) is 3.05. The molecule has 0 bridgehead atoms. The average molecular weight is 253 g/mol. The van der Waals surface area contributed by atoms with Crippen molar-refractivity contribution in [2.45, 2.75) is 25.4 Å².